The molecule has 2 aliphatic rings. The monoisotopic (exact) mass is 386 g/mol. The van der Waals surface area contributed by atoms with Crippen LogP contribution in [0.3, 0.4) is 0 Å². The van der Waals surface area contributed by atoms with Gasteiger partial charge in [0.05, 0.1) is 18.7 Å². The van der Waals surface area contributed by atoms with Gasteiger partial charge in [0, 0.05) is 31.8 Å². The molecule has 0 radical (unpaired) electrons. The fourth-order valence-electron chi connectivity index (χ4n) is 3.83. The number of carbonyl (C=O) groups excluding carboxylic acids is 3. The van der Waals surface area contributed by atoms with Gasteiger partial charge < -0.3 is 14.4 Å². The third kappa shape index (κ3) is 3.48. The maximum Gasteiger partial charge on any atom is 0.417 e. The minimum atomic E-state index is -0.726. The Hall–Kier alpha value is -2.83. The first-order valence-electron chi connectivity index (χ1n) is 9.19. The maximum atomic E-state index is 13.1. The number of methoxy groups -OCH3 is 1. The summed E-state index contributed by atoms with van der Waals surface area (Å²) in [7, 11) is 4.99. The van der Waals surface area contributed by atoms with E-state index in [0.717, 1.165) is 11.1 Å². The molecule has 2 amide bonds. The zero-order valence-corrected chi connectivity index (χ0v) is 17.1. The number of fused-ring (bicyclic) bond motifs is 3. The van der Waals surface area contributed by atoms with Crippen molar-refractivity contribution in [2.24, 2.45) is 5.92 Å². The molecule has 1 aliphatic heterocycles. The highest BCUT2D eigenvalue weighted by molar-refractivity contribution is 6.06. The number of hydrogen-bond acceptors (Lipinski definition) is 6. The second-order valence-corrected chi connectivity index (χ2v) is 8.36. The summed E-state index contributed by atoms with van der Waals surface area (Å²) in [5.74, 6) is -0.985. The van der Waals surface area contributed by atoms with Crippen molar-refractivity contribution in [2.45, 2.75) is 38.8 Å². The summed E-state index contributed by atoms with van der Waals surface area (Å²) in [5.41, 5.74) is 2.03. The van der Waals surface area contributed by atoms with E-state index in [2.05, 4.69) is 0 Å². The molecule has 2 unspecified atom stereocenters. The van der Waals surface area contributed by atoms with Crippen molar-refractivity contribution in [3.8, 4) is 0 Å². The Morgan fingerprint density at radius 1 is 1.25 bits per heavy atom. The summed E-state index contributed by atoms with van der Waals surface area (Å²) in [5, 5.41) is 0. The van der Waals surface area contributed by atoms with E-state index in [0.29, 0.717) is 17.6 Å². The quantitative estimate of drug-likeness (QED) is 0.575. The standard InChI is InChI=1S/C21H26N2O5/c1-21(2,3)28-20(26)23-17-14-10-13(19(25)27-6)8-7-12(14)9-15(17)16(18(23)24)11-22(4)5/h7-8,10-11,15,17H,9H2,1-6H3/b16-11+. The zero-order valence-electron chi connectivity index (χ0n) is 17.1. The summed E-state index contributed by atoms with van der Waals surface area (Å²) in [6.07, 6.45) is 1.70. The van der Waals surface area contributed by atoms with Crippen molar-refractivity contribution in [3.63, 3.8) is 0 Å². The van der Waals surface area contributed by atoms with Crippen molar-refractivity contribution in [2.75, 3.05) is 21.2 Å². The molecule has 28 heavy (non-hydrogen) atoms. The molecule has 0 spiro atoms. The lowest BCUT2D eigenvalue weighted by Gasteiger charge is -2.27. The molecule has 150 valence electrons. The molecule has 1 aliphatic carbocycles. The van der Waals surface area contributed by atoms with Crippen LogP contribution in [0.4, 0.5) is 4.79 Å². The molecule has 0 N–H and O–H groups in total. The van der Waals surface area contributed by atoms with Gasteiger partial charge in [0.1, 0.15) is 5.60 Å². The van der Waals surface area contributed by atoms with Crippen LogP contribution in [0.15, 0.2) is 30.0 Å². The summed E-state index contributed by atoms with van der Waals surface area (Å²) in [6, 6.07) is 4.80. The topological polar surface area (TPSA) is 76.2 Å². The van der Waals surface area contributed by atoms with Crippen molar-refractivity contribution in [3.05, 3.63) is 46.7 Å². The fourth-order valence-corrected chi connectivity index (χ4v) is 3.83. The zero-order chi connectivity index (χ0) is 20.8. The second kappa shape index (κ2) is 6.96. The van der Waals surface area contributed by atoms with Crippen LogP contribution in [0.25, 0.3) is 0 Å². The summed E-state index contributed by atoms with van der Waals surface area (Å²) >= 11 is 0. The highest BCUT2D eigenvalue weighted by Gasteiger charge is 2.53. The third-order valence-corrected chi connectivity index (χ3v) is 4.84. The minimum Gasteiger partial charge on any atom is -0.465 e. The molecule has 1 fully saturated rings. The molecule has 2 atom stereocenters. The van der Waals surface area contributed by atoms with E-state index in [1.54, 1.807) is 44.0 Å². The van der Waals surface area contributed by atoms with E-state index in [1.165, 1.54) is 12.0 Å². The number of hydrogen-bond donors (Lipinski definition) is 0. The van der Waals surface area contributed by atoms with Gasteiger partial charge in [0.15, 0.2) is 0 Å². The van der Waals surface area contributed by atoms with Gasteiger partial charge in [-0.05, 0) is 50.5 Å². The Balaban J connectivity index is 2.09. The molecule has 0 saturated carbocycles. The van der Waals surface area contributed by atoms with E-state index in [-0.39, 0.29) is 11.8 Å². The van der Waals surface area contributed by atoms with Gasteiger partial charge in [-0.3, -0.25) is 4.79 Å². The maximum absolute atomic E-state index is 13.1. The predicted octanol–water partition coefficient (Wildman–Crippen LogP) is 2.91. The molecular formula is C21H26N2O5. The number of esters is 1. The molecule has 7 heteroatoms. The summed E-state index contributed by atoms with van der Waals surface area (Å²) in [4.78, 5) is 40.9. The van der Waals surface area contributed by atoms with Gasteiger partial charge in [-0.2, -0.15) is 0 Å². The predicted molar refractivity (Wildman–Crippen MR) is 103 cm³/mol. The number of benzene rings is 1. The number of rotatable bonds is 2. The minimum absolute atomic E-state index is 0.176. The molecule has 1 saturated heterocycles. The van der Waals surface area contributed by atoms with Crippen LogP contribution >= 0.6 is 0 Å². The molecule has 0 aromatic heterocycles. The third-order valence-electron chi connectivity index (χ3n) is 4.84. The summed E-state index contributed by atoms with van der Waals surface area (Å²) < 4.78 is 10.3. The SMILES string of the molecule is COC(=O)c1ccc2c(c1)C1C(C2)/C(=C\N(C)C)C(=O)N1C(=O)OC(C)(C)C. The molecule has 1 aromatic carbocycles. The molecule has 1 aromatic rings. The van der Waals surface area contributed by atoms with E-state index in [9.17, 15) is 14.4 Å². The van der Waals surface area contributed by atoms with Gasteiger partial charge >= 0.3 is 12.1 Å². The molecule has 7 nitrogen and oxygen atoms in total. The Morgan fingerprint density at radius 3 is 2.50 bits per heavy atom. The molecule has 1 heterocycles. The van der Waals surface area contributed by atoms with Crippen LogP contribution in [-0.2, 0) is 20.7 Å². The van der Waals surface area contributed by atoms with Crippen molar-refractivity contribution >= 4 is 18.0 Å². The first kappa shape index (κ1) is 19.9. The van der Waals surface area contributed by atoms with Crippen LogP contribution in [0.2, 0.25) is 0 Å². The van der Waals surface area contributed by atoms with Crippen LogP contribution in [0.1, 0.15) is 48.3 Å². The molecule has 0 bridgehead atoms. The lowest BCUT2D eigenvalue weighted by Crippen LogP contribution is -2.39. The highest BCUT2D eigenvalue weighted by atomic mass is 16.6. The first-order valence-corrected chi connectivity index (χ1v) is 9.19. The van der Waals surface area contributed by atoms with E-state index in [1.807, 2.05) is 20.2 Å². The number of amides is 2. The lowest BCUT2D eigenvalue weighted by atomic mass is 9.97. The number of ether oxygens (including phenoxy) is 2. The van der Waals surface area contributed by atoms with Crippen LogP contribution < -0.4 is 0 Å². The van der Waals surface area contributed by atoms with Crippen LogP contribution in [0.5, 0.6) is 0 Å². The average molecular weight is 386 g/mol. The Morgan fingerprint density at radius 2 is 1.93 bits per heavy atom. The van der Waals surface area contributed by atoms with Crippen molar-refractivity contribution in [1.29, 1.82) is 0 Å². The molecular weight excluding hydrogens is 360 g/mol. The van der Waals surface area contributed by atoms with Crippen LogP contribution in [0, 0.1) is 5.92 Å². The first-order chi connectivity index (χ1) is 13.0. The van der Waals surface area contributed by atoms with Crippen molar-refractivity contribution in [1.82, 2.24) is 9.80 Å². The Labute approximate surface area is 164 Å². The second-order valence-electron chi connectivity index (χ2n) is 8.36. The average Bonchev–Trinajstić information content (AvgIpc) is 3.07. The Bertz CT molecular complexity index is 866. The van der Waals surface area contributed by atoms with Gasteiger partial charge in [0.25, 0.3) is 5.91 Å². The Kier molecular flexibility index (Phi) is 4.95. The highest BCUT2D eigenvalue weighted by Crippen LogP contribution is 2.50. The number of nitrogens with zero attached hydrogens (tertiary/aromatic N) is 2. The van der Waals surface area contributed by atoms with E-state index in [4.69, 9.17) is 9.47 Å². The largest absolute Gasteiger partial charge is 0.465 e. The van der Waals surface area contributed by atoms with Crippen molar-refractivity contribution < 1.29 is 23.9 Å². The number of likely N-dealkylation sites (tertiary alicyclic amines) is 1. The smallest absolute Gasteiger partial charge is 0.417 e. The van der Waals surface area contributed by atoms with Crippen LogP contribution in [-0.4, -0.2) is 54.6 Å². The van der Waals surface area contributed by atoms with E-state index >= 15 is 0 Å². The number of carbonyl (C=O) groups is 3. The normalized spacial score (nSPS) is 22.1. The summed E-state index contributed by atoms with van der Waals surface area (Å²) in [6.45, 7) is 5.28. The van der Waals surface area contributed by atoms with Gasteiger partial charge in [-0.15, -0.1) is 0 Å². The number of imide groups is 1. The van der Waals surface area contributed by atoms with Gasteiger partial charge in [0.2, 0.25) is 0 Å². The van der Waals surface area contributed by atoms with E-state index < -0.39 is 23.7 Å². The lowest BCUT2D eigenvalue weighted by molar-refractivity contribution is -0.125. The van der Waals surface area contributed by atoms with Gasteiger partial charge in [-0.1, -0.05) is 6.07 Å². The molecule has 3 rings (SSSR count). The fraction of sp³-hybridized carbons (Fsp3) is 0.476. The van der Waals surface area contributed by atoms with Gasteiger partial charge in [-0.25, -0.2) is 14.5 Å².